The highest BCUT2D eigenvalue weighted by atomic mass is 35.5. The molecule has 0 saturated carbocycles. The SMILES string of the molecule is CCCCCNC(=O)N(C)c1cccc(-c2ccc(CCC(=O)O)cc2N(CC)CC)c1.Cl. The van der Waals surface area contributed by atoms with Crippen LogP contribution in [0.4, 0.5) is 16.2 Å². The number of nitrogens with one attached hydrogen (secondary N) is 1. The third kappa shape index (κ3) is 8.28. The Kier molecular flexibility index (Phi) is 12.4. The lowest BCUT2D eigenvalue weighted by Gasteiger charge is -2.26. The first-order chi connectivity index (χ1) is 15.4. The van der Waals surface area contributed by atoms with Crippen LogP contribution in [0.15, 0.2) is 42.5 Å². The summed E-state index contributed by atoms with van der Waals surface area (Å²) in [5, 5.41) is 12.0. The summed E-state index contributed by atoms with van der Waals surface area (Å²) in [6.45, 7) is 8.76. The van der Waals surface area contributed by atoms with E-state index in [-0.39, 0.29) is 24.9 Å². The number of hydrogen-bond acceptors (Lipinski definition) is 3. The number of rotatable bonds is 12. The predicted molar refractivity (Wildman–Crippen MR) is 140 cm³/mol. The summed E-state index contributed by atoms with van der Waals surface area (Å²) in [7, 11) is 1.79. The summed E-state index contributed by atoms with van der Waals surface area (Å²) in [5.74, 6) is -0.790. The minimum atomic E-state index is -0.790. The average molecular weight is 476 g/mol. The zero-order valence-electron chi connectivity index (χ0n) is 20.3. The third-order valence-electron chi connectivity index (χ3n) is 5.70. The second-order valence-corrected chi connectivity index (χ2v) is 7.97. The molecule has 6 nitrogen and oxygen atoms in total. The number of aliphatic carboxylic acids is 1. The number of hydrogen-bond donors (Lipinski definition) is 2. The summed E-state index contributed by atoms with van der Waals surface area (Å²) in [5.41, 5.74) is 5.03. The first kappa shape index (κ1) is 28.3. The molecule has 0 saturated heterocycles. The van der Waals surface area contributed by atoms with Crippen molar-refractivity contribution in [3.05, 3.63) is 48.0 Å². The van der Waals surface area contributed by atoms with Gasteiger partial charge in [0.25, 0.3) is 0 Å². The predicted octanol–water partition coefficient (Wildman–Crippen LogP) is 5.97. The maximum absolute atomic E-state index is 12.6. The van der Waals surface area contributed by atoms with E-state index in [4.69, 9.17) is 5.11 Å². The number of amides is 2. The number of anilines is 2. The molecule has 0 aromatic heterocycles. The summed E-state index contributed by atoms with van der Waals surface area (Å²) >= 11 is 0. The molecule has 0 aliphatic rings. The lowest BCUT2D eigenvalue weighted by atomic mass is 9.98. The van der Waals surface area contributed by atoms with Crippen molar-refractivity contribution in [1.29, 1.82) is 0 Å². The van der Waals surface area contributed by atoms with Crippen LogP contribution in [-0.2, 0) is 11.2 Å². The summed E-state index contributed by atoms with van der Waals surface area (Å²) in [6, 6.07) is 14.1. The maximum atomic E-state index is 12.6. The van der Waals surface area contributed by atoms with Crippen LogP contribution >= 0.6 is 12.4 Å². The Morgan fingerprint density at radius 1 is 1.00 bits per heavy atom. The maximum Gasteiger partial charge on any atom is 0.321 e. The van der Waals surface area contributed by atoms with Gasteiger partial charge in [-0.3, -0.25) is 9.69 Å². The number of carbonyl (C=O) groups excluding carboxylic acids is 1. The molecule has 182 valence electrons. The van der Waals surface area contributed by atoms with Crippen molar-refractivity contribution in [2.24, 2.45) is 0 Å². The molecule has 0 radical (unpaired) electrons. The Hall–Kier alpha value is -2.73. The highest BCUT2D eigenvalue weighted by Gasteiger charge is 2.15. The van der Waals surface area contributed by atoms with Crippen LogP contribution in [0.5, 0.6) is 0 Å². The van der Waals surface area contributed by atoms with E-state index in [0.29, 0.717) is 13.0 Å². The normalized spacial score (nSPS) is 10.3. The van der Waals surface area contributed by atoms with Gasteiger partial charge in [-0.15, -0.1) is 12.4 Å². The van der Waals surface area contributed by atoms with E-state index < -0.39 is 5.97 Å². The Balaban J connectivity index is 0.00000544. The third-order valence-corrected chi connectivity index (χ3v) is 5.70. The van der Waals surface area contributed by atoms with Gasteiger partial charge in [0.2, 0.25) is 0 Å². The second-order valence-electron chi connectivity index (χ2n) is 7.97. The van der Waals surface area contributed by atoms with Crippen LogP contribution < -0.4 is 15.1 Å². The van der Waals surface area contributed by atoms with Gasteiger partial charge in [0.1, 0.15) is 0 Å². The van der Waals surface area contributed by atoms with Gasteiger partial charge in [-0.05, 0) is 56.0 Å². The van der Waals surface area contributed by atoms with Gasteiger partial charge in [0.05, 0.1) is 0 Å². The molecule has 0 aliphatic heterocycles. The highest BCUT2D eigenvalue weighted by molar-refractivity contribution is 5.92. The monoisotopic (exact) mass is 475 g/mol. The standard InChI is InChI=1S/C26H37N3O3.ClH/c1-5-8-9-17-27-26(32)28(4)22-12-10-11-21(19-22)23-15-13-20(14-16-25(30)31)18-24(23)29(6-2)7-3;/h10-13,15,18-19H,5-9,14,16-17H2,1-4H3,(H,27,32)(H,30,31);1H. The molecule has 0 bridgehead atoms. The summed E-state index contributed by atoms with van der Waals surface area (Å²) < 4.78 is 0. The quantitative estimate of drug-likeness (QED) is 0.370. The molecule has 2 aromatic carbocycles. The Bertz CT molecular complexity index is 900. The van der Waals surface area contributed by atoms with Gasteiger partial charge in [-0.1, -0.05) is 44.0 Å². The first-order valence-corrected chi connectivity index (χ1v) is 11.6. The van der Waals surface area contributed by atoms with Gasteiger partial charge in [0.15, 0.2) is 0 Å². The number of aryl methyl sites for hydroxylation is 1. The zero-order chi connectivity index (χ0) is 23.5. The molecular weight excluding hydrogens is 438 g/mol. The number of carbonyl (C=O) groups is 2. The fraction of sp³-hybridized carbons (Fsp3) is 0.462. The minimum Gasteiger partial charge on any atom is -0.481 e. The van der Waals surface area contributed by atoms with Crippen LogP contribution in [0.3, 0.4) is 0 Å². The van der Waals surface area contributed by atoms with Crippen molar-refractivity contribution in [3.63, 3.8) is 0 Å². The van der Waals surface area contributed by atoms with E-state index in [9.17, 15) is 9.59 Å². The number of halogens is 1. The second kappa shape index (κ2) is 14.4. The number of urea groups is 1. The van der Waals surface area contributed by atoms with E-state index in [1.165, 1.54) is 0 Å². The van der Waals surface area contributed by atoms with E-state index in [2.05, 4.69) is 49.2 Å². The van der Waals surface area contributed by atoms with Crippen molar-refractivity contribution >= 4 is 35.8 Å². The van der Waals surface area contributed by atoms with Crippen molar-refractivity contribution in [3.8, 4) is 11.1 Å². The molecule has 0 aliphatic carbocycles. The van der Waals surface area contributed by atoms with E-state index in [1.807, 2.05) is 24.3 Å². The largest absolute Gasteiger partial charge is 0.481 e. The van der Waals surface area contributed by atoms with Crippen molar-refractivity contribution in [2.45, 2.75) is 52.9 Å². The van der Waals surface area contributed by atoms with Crippen LogP contribution in [0.1, 0.15) is 52.0 Å². The van der Waals surface area contributed by atoms with Gasteiger partial charge in [0, 0.05) is 50.0 Å². The lowest BCUT2D eigenvalue weighted by molar-refractivity contribution is -0.136. The topological polar surface area (TPSA) is 72.9 Å². The van der Waals surface area contributed by atoms with E-state index >= 15 is 0 Å². The molecule has 0 unspecified atom stereocenters. The van der Waals surface area contributed by atoms with Gasteiger partial charge >= 0.3 is 12.0 Å². The van der Waals surface area contributed by atoms with Crippen LogP contribution in [0.25, 0.3) is 11.1 Å². The van der Waals surface area contributed by atoms with Gasteiger partial charge in [-0.2, -0.15) is 0 Å². The van der Waals surface area contributed by atoms with E-state index in [0.717, 1.165) is 60.4 Å². The molecule has 2 rings (SSSR count). The number of carboxylic acid groups (broad SMARTS) is 1. The first-order valence-electron chi connectivity index (χ1n) is 11.6. The lowest BCUT2D eigenvalue weighted by Crippen LogP contribution is -2.37. The van der Waals surface area contributed by atoms with Crippen molar-refractivity contribution < 1.29 is 14.7 Å². The van der Waals surface area contributed by atoms with Crippen LogP contribution in [0, 0.1) is 0 Å². The summed E-state index contributed by atoms with van der Waals surface area (Å²) in [4.78, 5) is 27.5. The van der Waals surface area contributed by atoms with Gasteiger partial charge in [-0.25, -0.2) is 4.79 Å². The number of benzene rings is 2. The van der Waals surface area contributed by atoms with Crippen LogP contribution in [0.2, 0.25) is 0 Å². The molecule has 0 atom stereocenters. The molecule has 33 heavy (non-hydrogen) atoms. The Morgan fingerprint density at radius 2 is 1.73 bits per heavy atom. The molecule has 0 heterocycles. The van der Waals surface area contributed by atoms with Crippen LogP contribution in [-0.4, -0.2) is 43.8 Å². The minimum absolute atomic E-state index is 0. The Labute approximate surface area is 204 Å². The molecule has 2 aromatic rings. The molecule has 2 amide bonds. The molecular formula is C26H38ClN3O3. The fourth-order valence-corrected chi connectivity index (χ4v) is 3.74. The summed E-state index contributed by atoms with van der Waals surface area (Å²) in [6.07, 6.45) is 3.83. The van der Waals surface area contributed by atoms with Crippen molar-refractivity contribution in [2.75, 3.05) is 36.5 Å². The Morgan fingerprint density at radius 3 is 2.36 bits per heavy atom. The molecule has 7 heteroatoms. The molecule has 0 spiro atoms. The number of unbranched alkanes of at least 4 members (excludes halogenated alkanes) is 2. The average Bonchev–Trinajstić information content (AvgIpc) is 2.81. The number of carboxylic acids is 1. The highest BCUT2D eigenvalue weighted by Crippen LogP contribution is 2.34. The molecule has 0 fully saturated rings. The zero-order valence-corrected chi connectivity index (χ0v) is 21.1. The smallest absolute Gasteiger partial charge is 0.321 e. The van der Waals surface area contributed by atoms with Crippen molar-refractivity contribution in [1.82, 2.24) is 5.32 Å². The number of nitrogens with zero attached hydrogens (tertiary/aromatic N) is 2. The van der Waals surface area contributed by atoms with Gasteiger partial charge < -0.3 is 15.3 Å². The fourth-order valence-electron chi connectivity index (χ4n) is 3.74. The molecule has 2 N–H and O–H groups in total. The van der Waals surface area contributed by atoms with E-state index in [1.54, 1.807) is 11.9 Å².